The molecule has 0 saturated carbocycles. The quantitative estimate of drug-likeness (QED) is 0.761. The molecule has 0 saturated heterocycles. The molecule has 0 fully saturated rings. The maximum atomic E-state index is 11.7. The van der Waals surface area contributed by atoms with Gasteiger partial charge in [0.1, 0.15) is 0 Å². The summed E-state index contributed by atoms with van der Waals surface area (Å²) in [6.45, 7) is 7.93. The summed E-state index contributed by atoms with van der Waals surface area (Å²) in [5.41, 5.74) is 1.39. The molecule has 4 nitrogen and oxygen atoms in total. The van der Waals surface area contributed by atoms with Gasteiger partial charge in [0.15, 0.2) is 5.82 Å². The molecular formula is C11H15N3O. The molecule has 0 bridgehead atoms. The average molecular weight is 205 g/mol. The standard InChI is InChI=1S/C11H15N3O/c1-6(2)8-5-7-9(14-13-8)12-10(15)11(7,3)4/h5-6H,1-4H3,(H,12,14,15). The Balaban J connectivity index is 2.55. The number of carbonyl (C=O) groups is 1. The molecule has 0 unspecified atom stereocenters. The van der Waals surface area contributed by atoms with E-state index in [0.717, 1.165) is 11.3 Å². The van der Waals surface area contributed by atoms with E-state index in [9.17, 15) is 4.79 Å². The van der Waals surface area contributed by atoms with Gasteiger partial charge in [-0.3, -0.25) is 4.79 Å². The minimum absolute atomic E-state index is 0.00675. The third-order valence-corrected chi connectivity index (χ3v) is 2.88. The highest BCUT2D eigenvalue weighted by molar-refractivity contribution is 6.04. The average Bonchev–Trinajstić information content (AvgIpc) is 2.38. The Morgan fingerprint density at radius 2 is 2.00 bits per heavy atom. The summed E-state index contributed by atoms with van der Waals surface area (Å²) in [6, 6.07) is 1.98. The van der Waals surface area contributed by atoms with Gasteiger partial charge in [-0.2, -0.15) is 5.10 Å². The third kappa shape index (κ3) is 1.40. The fourth-order valence-electron chi connectivity index (χ4n) is 1.64. The summed E-state index contributed by atoms with van der Waals surface area (Å²) in [4.78, 5) is 11.7. The third-order valence-electron chi connectivity index (χ3n) is 2.88. The first-order valence-electron chi connectivity index (χ1n) is 5.12. The molecule has 0 aromatic carbocycles. The van der Waals surface area contributed by atoms with E-state index in [1.165, 1.54) is 0 Å². The maximum Gasteiger partial charge on any atom is 0.235 e. The zero-order chi connectivity index (χ0) is 11.2. The molecule has 0 aliphatic carbocycles. The Hall–Kier alpha value is -1.45. The number of anilines is 1. The number of aromatic nitrogens is 2. The van der Waals surface area contributed by atoms with Crippen molar-refractivity contribution < 1.29 is 4.79 Å². The van der Waals surface area contributed by atoms with Crippen molar-refractivity contribution in [3.05, 3.63) is 17.3 Å². The van der Waals surface area contributed by atoms with Crippen LogP contribution in [0.5, 0.6) is 0 Å². The van der Waals surface area contributed by atoms with E-state index in [-0.39, 0.29) is 5.91 Å². The number of hydrogen-bond donors (Lipinski definition) is 1. The van der Waals surface area contributed by atoms with E-state index in [1.807, 2.05) is 19.9 Å². The topological polar surface area (TPSA) is 54.9 Å². The van der Waals surface area contributed by atoms with Crippen LogP contribution in [0.4, 0.5) is 5.82 Å². The van der Waals surface area contributed by atoms with Gasteiger partial charge in [-0.05, 0) is 25.8 Å². The lowest BCUT2D eigenvalue weighted by atomic mass is 9.86. The second-order valence-corrected chi connectivity index (χ2v) is 4.77. The summed E-state index contributed by atoms with van der Waals surface area (Å²) in [5, 5.41) is 10.9. The van der Waals surface area contributed by atoms with Crippen molar-refractivity contribution in [1.82, 2.24) is 10.2 Å². The zero-order valence-electron chi connectivity index (χ0n) is 9.46. The Bertz CT molecular complexity index is 424. The van der Waals surface area contributed by atoms with Crippen molar-refractivity contribution in [3.8, 4) is 0 Å². The number of carbonyl (C=O) groups excluding carboxylic acids is 1. The molecule has 2 heterocycles. The number of nitrogens with zero attached hydrogens (tertiary/aromatic N) is 2. The first-order valence-corrected chi connectivity index (χ1v) is 5.12. The summed E-state index contributed by atoms with van der Waals surface area (Å²) in [7, 11) is 0. The van der Waals surface area contributed by atoms with Crippen molar-refractivity contribution in [3.63, 3.8) is 0 Å². The first kappa shape index (κ1) is 10.1. The molecule has 80 valence electrons. The van der Waals surface area contributed by atoms with Crippen molar-refractivity contribution in [2.45, 2.75) is 39.0 Å². The van der Waals surface area contributed by atoms with Gasteiger partial charge < -0.3 is 5.32 Å². The summed E-state index contributed by atoms with van der Waals surface area (Å²) < 4.78 is 0. The van der Waals surface area contributed by atoms with E-state index in [4.69, 9.17) is 0 Å². The van der Waals surface area contributed by atoms with Crippen molar-refractivity contribution in [1.29, 1.82) is 0 Å². The number of rotatable bonds is 1. The van der Waals surface area contributed by atoms with Gasteiger partial charge in [-0.1, -0.05) is 13.8 Å². The molecule has 0 radical (unpaired) electrons. The monoisotopic (exact) mass is 205 g/mol. The minimum Gasteiger partial charge on any atom is -0.308 e. The number of fused-ring (bicyclic) bond motifs is 1. The van der Waals surface area contributed by atoms with Crippen molar-refractivity contribution in [2.24, 2.45) is 0 Å². The molecule has 0 spiro atoms. The minimum atomic E-state index is -0.491. The van der Waals surface area contributed by atoms with Gasteiger partial charge in [0, 0.05) is 5.56 Å². The molecule has 1 aromatic rings. The second kappa shape index (κ2) is 3.02. The van der Waals surface area contributed by atoms with Gasteiger partial charge in [0.2, 0.25) is 5.91 Å². The van der Waals surface area contributed by atoms with Crippen LogP contribution in [0.3, 0.4) is 0 Å². The van der Waals surface area contributed by atoms with Gasteiger partial charge in [0.25, 0.3) is 0 Å². The normalized spacial score (nSPS) is 17.8. The van der Waals surface area contributed by atoms with Gasteiger partial charge in [-0.25, -0.2) is 0 Å². The summed E-state index contributed by atoms with van der Waals surface area (Å²) in [6.07, 6.45) is 0. The van der Waals surface area contributed by atoms with E-state index in [0.29, 0.717) is 11.7 Å². The van der Waals surface area contributed by atoms with Gasteiger partial charge in [-0.15, -0.1) is 5.10 Å². The summed E-state index contributed by atoms with van der Waals surface area (Å²) >= 11 is 0. The van der Waals surface area contributed by atoms with Crippen LogP contribution < -0.4 is 5.32 Å². The molecule has 1 amide bonds. The van der Waals surface area contributed by atoms with Crippen LogP contribution in [-0.2, 0) is 10.2 Å². The fourth-order valence-corrected chi connectivity index (χ4v) is 1.64. The van der Waals surface area contributed by atoms with Crippen LogP contribution in [0.25, 0.3) is 0 Å². The zero-order valence-corrected chi connectivity index (χ0v) is 9.46. The molecule has 4 heteroatoms. The van der Waals surface area contributed by atoms with Crippen LogP contribution in [-0.4, -0.2) is 16.1 Å². The Labute approximate surface area is 89.1 Å². The Kier molecular flexibility index (Phi) is 2.03. The highest BCUT2D eigenvalue weighted by atomic mass is 16.2. The SMILES string of the molecule is CC(C)c1cc2c(nn1)NC(=O)C2(C)C. The van der Waals surface area contributed by atoms with E-state index >= 15 is 0 Å². The fraction of sp³-hybridized carbons (Fsp3) is 0.545. The van der Waals surface area contributed by atoms with E-state index < -0.39 is 5.41 Å². The first-order chi connectivity index (χ1) is 6.93. The van der Waals surface area contributed by atoms with Crippen LogP contribution >= 0.6 is 0 Å². The lowest BCUT2D eigenvalue weighted by Crippen LogP contribution is -2.26. The van der Waals surface area contributed by atoms with Crippen LogP contribution in [0, 0.1) is 0 Å². The highest BCUT2D eigenvalue weighted by Crippen LogP contribution is 2.36. The smallest absolute Gasteiger partial charge is 0.235 e. The molecule has 1 aliphatic heterocycles. The molecule has 0 atom stereocenters. The van der Waals surface area contributed by atoms with Crippen LogP contribution in [0.1, 0.15) is 44.9 Å². The van der Waals surface area contributed by atoms with E-state index in [1.54, 1.807) is 0 Å². The molecule has 15 heavy (non-hydrogen) atoms. The largest absolute Gasteiger partial charge is 0.308 e. The Morgan fingerprint density at radius 3 is 2.60 bits per heavy atom. The predicted octanol–water partition coefficient (Wildman–Crippen LogP) is 1.83. The molecule has 1 aromatic heterocycles. The van der Waals surface area contributed by atoms with Crippen molar-refractivity contribution in [2.75, 3.05) is 5.32 Å². The molecule has 2 rings (SSSR count). The summed E-state index contributed by atoms with van der Waals surface area (Å²) in [5.74, 6) is 0.927. The maximum absolute atomic E-state index is 11.7. The molecular weight excluding hydrogens is 190 g/mol. The van der Waals surface area contributed by atoms with Crippen LogP contribution in [0.15, 0.2) is 6.07 Å². The number of nitrogens with one attached hydrogen (secondary N) is 1. The second-order valence-electron chi connectivity index (χ2n) is 4.77. The lowest BCUT2D eigenvalue weighted by molar-refractivity contribution is -0.119. The molecule has 1 aliphatic rings. The lowest BCUT2D eigenvalue weighted by Gasteiger charge is -2.15. The van der Waals surface area contributed by atoms with Gasteiger partial charge >= 0.3 is 0 Å². The Morgan fingerprint density at radius 1 is 1.33 bits per heavy atom. The predicted molar refractivity (Wildman–Crippen MR) is 57.8 cm³/mol. The molecule has 1 N–H and O–H groups in total. The van der Waals surface area contributed by atoms with Gasteiger partial charge in [0.05, 0.1) is 11.1 Å². The number of hydrogen-bond acceptors (Lipinski definition) is 3. The number of amides is 1. The van der Waals surface area contributed by atoms with Crippen LogP contribution in [0.2, 0.25) is 0 Å². The van der Waals surface area contributed by atoms with Crippen molar-refractivity contribution >= 4 is 11.7 Å². The van der Waals surface area contributed by atoms with E-state index in [2.05, 4.69) is 29.4 Å². The highest BCUT2D eigenvalue weighted by Gasteiger charge is 2.39.